The predicted molar refractivity (Wildman–Crippen MR) is 54.8 cm³/mol. The molecule has 0 spiro atoms. The molecule has 0 saturated heterocycles. The molecule has 1 saturated carbocycles. The average molecular weight is 181 g/mol. The molecule has 2 unspecified atom stereocenters. The Labute approximate surface area is 80.0 Å². The van der Waals surface area contributed by atoms with Crippen LogP contribution in [0, 0.1) is 11.3 Å². The molecule has 1 aliphatic carbocycles. The molecule has 2 atom stereocenters. The summed E-state index contributed by atoms with van der Waals surface area (Å²) in [4.78, 5) is 4.49. The minimum Gasteiger partial charge on any atom is -0.356 e. The van der Waals surface area contributed by atoms with Gasteiger partial charge < -0.3 is 10.6 Å². The van der Waals surface area contributed by atoms with Crippen molar-refractivity contribution in [1.82, 2.24) is 10.6 Å². The highest BCUT2D eigenvalue weighted by Gasteiger charge is 2.34. The molecule has 74 valence electrons. The highest BCUT2D eigenvalue weighted by molar-refractivity contribution is 5.81. The van der Waals surface area contributed by atoms with Crippen LogP contribution in [0.5, 0.6) is 0 Å². The summed E-state index contributed by atoms with van der Waals surface area (Å²) < 4.78 is 0. The molecule has 2 N–H and O–H groups in total. The van der Waals surface area contributed by atoms with Gasteiger partial charge in [-0.2, -0.15) is 0 Å². The third kappa shape index (κ3) is 2.14. The highest BCUT2D eigenvalue weighted by Crippen LogP contribution is 2.29. The van der Waals surface area contributed by atoms with Crippen LogP contribution < -0.4 is 10.6 Å². The fraction of sp³-hybridized carbons (Fsp3) is 0.900. The zero-order valence-corrected chi connectivity index (χ0v) is 8.72. The van der Waals surface area contributed by atoms with Crippen molar-refractivity contribution in [1.29, 1.82) is 0 Å². The molecule has 0 amide bonds. The number of hydrogen-bond donors (Lipinski definition) is 2. The lowest BCUT2D eigenvalue weighted by atomic mass is 9.93. The molecule has 0 aromatic heterocycles. The number of aliphatic imine (C=N–C) groups is 1. The van der Waals surface area contributed by atoms with Crippen LogP contribution in [-0.4, -0.2) is 25.1 Å². The summed E-state index contributed by atoms with van der Waals surface area (Å²) in [6, 6.07) is 0.674. The second-order valence-electron chi connectivity index (χ2n) is 5.15. The van der Waals surface area contributed by atoms with Crippen molar-refractivity contribution in [2.75, 3.05) is 13.1 Å². The molecule has 13 heavy (non-hydrogen) atoms. The first-order valence-electron chi connectivity index (χ1n) is 5.12. The molecule has 0 aromatic carbocycles. The fourth-order valence-electron chi connectivity index (χ4n) is 1.52. The molecule has 2 aliphatic rings. The Balaban J connectivity index is 1.85. The molecular weight excluding hydrogens is 162 g/mol. The van der Waals surface area contributed by atoms with Crippen molar-refractivity contribution in [3.8, 4) is 0 Å². The van der Waals surface area contributed by atoms with E-state index in [0.717, 1.165) is 25.0 Å². The standard InChI is InChI=1S/C10H19N3/c1-7-4-8(7)13-9-11-5-10(2,3)6-12-9/h7-8H,4-6H2,1-3H3,(H2,11,12,13). The third-order valence-corrected chi connectivity index (χ3v) is 2.83. The van der Waals surface area contributed by atoms with Crippen molar-refractivity contribution in [2.24, 2.45) is 16.3 Å². The minimum absolute atomic E-state index is 0.320. The lowest BCUT2D eigenvalue weighted by molar-refractivity contribution is 0.358. The Hall–Kier alpha value is -0.730. The first-order chi connectivity index (χ1) is 6.07. The topological polar surface area (TPSA) is 36.4 Å². The Morgan fingerprint density at radius 1 is 1.54 bits per heavy atom. The normalized spacial score (nSPS) is 36.1. The first kappa shape index (κ1) is 8.85. The number of nitrogens with one attached hydrogen (secondary N) is 2. The summed E-state index contributed by atoms with van der Waals surface area (Å²) in [5.41, 5.74) is 0.320. The van der Waals surface area contributed by atoms with Crippen molar-refractivity contribution in [3.63, 3.8) is 0 Å². The smallest absolute Gasteiger partial charge is 0.191 e. The van der Waals surface area contributed by atoms with Gasteiger partial charge in [0.1, 0.15) is 0 Å². The fourth-order valence-corrected chi connectivity index (χ4v) is 1.52. The van der Waals surface area contributed by atoms with Crippen molar-refractivity contribution >= 4 is 5.96 Å². The quantitative estimate of drug-likeness (QED) is 0.632. The van der Waals surface area contributed by atoms with Gasteiger partial charge in [-0.05, 0) is 12.3 Å². The minimum atomic E-state index is 0.320. The van der Waals surface area contributed by atoms with Gasteiger partial charge in [0.2, 0.25) is 0 Å². The lowest BCUT2D eigenvalue weighted by Gasteiger charge is -2.29. The van der Waals surface area contributed by atoms with E-state index in [4.69, 9.17) is 0 Å². The van der Waals surface area contributed by atoms with Crippen molar-refractivity contribution in [2.45, 2.75) is 33.2 Å². The number of rotatable bonds is 1. The van der Waals surface area contributed by atoms with E-state index in [9.17, 15) is 0 Å². The zero-order valence-electron chi connectivity index (χ0n) is 8.72. The Morgan fingerprint density at radius 2 is 2.23 bits per heavy atom. The highest BCUT2D eigenvalue weighted by atomic mass is 15.2. The van der Waals surface area contributed by atoms with Crippen LogP contribution in [0.25, 0.3) is 0 Å². The second kappa shape index (κ2) is 2.89. The Kier molecular flexibility index (Phi) is 1.97. The molecule has 3 heteroatoms. The van der Waals surface area contributed by atoms with Crippen LogP contribution in [0.2, 0.25) is 0 Å². The molecule has 2 rings (SSSR count). The van der Waals surface area contributed by atoms with E-state index in [1.54, 1.807) is 0 Å². The van der Waals surface area contributed by atoms with E-state index in [2.05, 4.69) is 36.4 Å². The maximum absolute atomic E-state index is 4.49. The SMILES string of the molecule is CC1CC1NC1=NCC(C)(C)CN1. The van der Waals surface area contributed by atoms with Gasteiger partial charge in [-0.3, -0.25) is 4.99 Å². The van der Waals surface area contributed by atoms with Gasteiger partial charge in [0, 0.05) is 24.5 Å². The molecule has 3 nitrogen and oxygen atoms in total. The van der Waals surface area contributed by atoms with Crippen molar-refractivity contribution in [3.05, 3.63) is 0 Å². The van der Waals surface area contributed by atoms with E-state index in [1.165, 1.54) is 6.42 Å². The summed E-state index contributed by atoms with van der Waals surface area (Å²) in [5, 5.41) is 6.76. The summed E-state index contributed by atoms with van der Waals surface area (Å²) in [5.74, 6) is 1.84. The van der Waals surface area contributed by atoms with E-state index in [1.807, 2.05) is 0 Å². The lowest BCUT2D eigenvalue weighted by Crippen LogP contribution is -2.48. The summed E-state index contributed by atoms with van der Waals surface area (Å²) in [6.07, 6.45) is 1.30. The molecule has 1 aliphatic heterocycles. The third-order valence-electron chi connectivity index (χ3n) is 2.83. The largest absolute Gasteiger partial charge is 0.356 e. The van der Waals surface area contributed by atoms with E-state index in [0.29, 0.717) is 11.5 Å². The van der Waals surface area contributed by atoms with Gasteiger partial charge in [-0.15, -0.1) is 0 Å². The van der Waals surface area contributed by atoms with Crippen molar-refractivity contribution < 1.29 is 0 Å². The average Bonchev–Trinajstić information content (AvgIpc) is 2.72. The van der Waals surface area contributed by atoms with Crippen LogP contribution in [-0.2, 0) is 0 Å². The number of nitrogens with zero attached hydrogens (tertiary/aromatic N) is 1. The Bertz CT molecular complexity index is 232. The number of guanidine groups is 1. The zero-order chi connectivity index (χ0) is 9.47. The van der Waals surface area contributed by atoms with Gasteiger partial charge in [0.25, 0.3) is 0 Å². The van der Waals surface area contributed by atoms with Gasteiger partial charge >= 0.3 is 0 Å². The predicted octanol–water partition coefficient (Wildman–Crippen LogP) is 0.970. The van der Waals surface area contributed by atoms with E-state index in [-0.39, 0.29) is 0 Å². The van der Waals surface area contributed by atoms with Crippen LogP contribution in [0.4, 0.5) is 0 Å². The van der Waals surface area contributed by atoms with E-state index >= 15 is 0 Å². The van der Waals surface area contributed by atoms with Crippen LogP contribution in [0.15, 0.2) is 4.99 Å². The van der Waals surface area contributed by atoms with Gasteiger partial charge in [0.15, 0.2) is 5.96 Å². The molecule has 0 bridgehead atoms. The molecule has 0 aromatic rings. The summed E-state index contributed by atoms with van der Waals surface area (Å²) >= 11 is 0. The molecule has 0 radical (unpaired) electrons. The summed E-state index contributed by atoms with van der Waals surface area (Å²) in [7, 11) is 0. The molecule has 1 heterocycles. The van der Waals surface area contributed by atoms with Crippen LogP contribution >= 0.6 is 0 Å². The van der Waals surface area contributed by atoms with Gasteiger partial charge in [0.05, 0.1) is 0 Å². The maximum Gasteiger partial charge on any atom is 0.191 e. The first-order valence-corrected chi connectivity index (χ1v) is 5.12. The maximum atomic E-state index is 4.49. The Morgan fingerprint density at radius 3 is 2.69 bits per heavy atom. The van der Waals surface area contributed by atoms with Gasteiger partial charge in [-0.1, -0.05) is 20.8 Å². The van der Waals surface area contributed by atoms with E-state index < -0.39 is 0 Å². The van der Waals surface area contributed by atoms with Gasteiger partial charge in [-0.25, -0.2) is 0 Å². The van der Waals surface area contributed by atoms with Crippen LogP contribution in [0.1, 0.15) is 27.2 Å². The molecule has 1 fully saturated rings. The summed E-state index contributed by atoms with van der Waals surface area (Å²) in [6.45, 7) is 8.70. The van der Waals surface area contributed by atoms with Crippen LogP contribution in [0.3, 0.4) is 0 Å². The number of hydrogen-bond acceptors (Lipinski definition) is 3. The second-order valence-corrected chi connectivity index (χ2v) is 5.15. The molecular formula is C10H19N3. The monoisotopic (exact) mass is 181 g/mol.